The maximum atomic E-state index is 13.7. The lowest BCUT2D eigenvalue weighted by molar-refractivity contribution is -0.142. The molecule has 10 heteroatoms. The predicted molar refractivity (Wildman–Crippen MR) is 105 cm³/mol. The number of rotatable bonds is 5. The van der Waals surface area contributed by atoms with Gasteiger partial charge in [-0.05, 0) is 35.9 Å². The van der Waals surface area contributed by atoms with E-state index < -0.39 is 23.6 Å². The average Bonchev–Trinajstić information content (AvgIpc) is 3.21. The summed E-state index contributed by atoms with van der Waals surface area (Å²) in [6.45, 7) is 0.186. The Labute approximate surface area is 174 Å². The zero-order valence-corrected chi connectivity index (χ0v) is 16.2. The number of alkyl halides is 3. The van der Waals surface area contributed by atoms with E-state index >= 15 is 0 Å². The van der Waals surface area contributed by atoms with Crippen molar-refractivity contribution in [3.05, 3.63) is 77.7 Å². The van der Waals surface area contributed by atoms with Crippen LogP contribution < -0.4 is 10.1 Å². The Bertz CT molecular complexity index is 1220. The summed E-state index contributed by atoms with van der Waals surface area (Å²) in [4.78, 5) is 20.5. The fourth-order valence-corrected chi connectivity index (χ4v) is 2.93. The number of aromatic nitrogens is 4. The molecule has 0 atom stereocenters. The minimum atomic E-state index is -4.73. The van der Waals surface area contributed by atoms with Crippen LogP contribution in [0.1, 0.15) is 21.9 Å². The van der Waals surface area contributed by atoms with Gasteiger partial charge in [0.2, 0.25) is 5.82 Å². The van der Waals surface area contributed by atoms with Gasteiger partial charge >= 0.3 is 6.18 Å². The SMILES string of the molecule is COc1ccc(-c2cc(C(F)(F)F)n3nc(C(=O)NCc4ccccc4)nc3n2)cc1. The van der Waals surface area contributed by atoms with Crippen LogP contribution in [0.25, 0.3) is 17.0 Å². The highest BCUT2D eigenvalue weighted by Gasteiger charge is 2.36. The van der Waals surface area contributed by atoms with Gasteiger partial charge in [-0.25, -0.2) is 4.98 Å². The smallest absolute Gasteiger partial charge is 0.433 e. The third-order valence-corrected chi connectivity index (χ3v) is 4.49. The van der Waals surface area contributed by atoms with Gasteiger partial charge in [-0.15, -0.1) is 5.10 Å². The van der Waals surface area contributed by atoms with Crippen LogP contribution in [0, 0.1) is 0 Å². The maximum Gasteiger partial charge on any atom is 0.433 e. The molecular formula is C21H16F3N5O2. The number of nitrogens with zero attached hydrogens (tertiary/aromatic N) is 4. The van der Waals surface area contributed by atoms with Crippen molar-refractivity contribution >= 4 is 11.7 Å². The number of ether oxygens (including phenoxy) is 1. The first-order valence-corrected chi connectivity index (χ1v) is 9.17. The highest BCUT2D eigenvalue weighted by Crippen LogP contribution is 2.32. The minimum Gasteiger partial charge on any atom is -0.497 e. The van der Waals surface area contributed by atoms with Gasteiger partial charge < -0.3 is 10.1 Å². The van der Waals surface area contributed by atoms with Crippen LogP contribution in [0.3, 0.4) is 0 Å². The van der Waals surface area contributed by atoms with Crippen LogP contribution in [0.2, 0.25) is 0 Å². The van der Waals surface area contributed by atoms with Crippen LogP contribution >= 0.6 is 0 Å². The van der Waals surface area contributed by atoms with E-state index in [1.807, 2.05) is 30.3 Å². The summed E-state index contributed by atoms with van der Waals surface area (Å²) >= 11 is 0. The second-order valence-electron chi connectivity index (χ2n) is 6.57. The molecule has 4 aromatic rings. The van der Waals surface area contributed by atoms with E-state index in [-0.39, 0.29) is 18.0 Å². The van der Waals surface area contributed by atoms with Crippen LogP contribution in [-0.2, 0) is 12.7 Å². The fourth-order valence-electron chi connectivity index (χ4n) is 2.93. The monoisotopic (exact) mass is 427 g/mol. The van der Waals surface area contributed by atoms with Crippen molar-refractivity contribution in [1.29, 1.82) is 0 Å². The van der Waals surface area contributed by atoms with Gasteiger partial charge in [-0.1, -0.05) is 30.3 Å². The molecule has 158 valence electrons. The molecule has 0 aliphatic rings. The Morgan fingerprint density at radius 1 is 1.06 bits per heavy atom. The highest BCUT2D eigenvalue weighted by atomic mass is 19.4. The van der Waals surface area contributed by atoms with Crippen LogP contribution in [0.15, 0.2) is 60.7 Å². The first-order valence-electron chi connectivity index (χ1n) is 9.17. The number of hydrogen-bond acceptors (Lipinski definition) is 5. The summed E-state index contributed by atoms with van der Waals surface area (Å²) in [6, 6.07) is 16.3. The van der Waals surface area contributed by atoms with Crippen molar-refractivity contribution < 1.29 is 22.7 Å². The molecule has 0 aliphatic carbocycles. The Balaban J connectivity index is 1.70. The summed E-state index contributed by atoms with van der Waals surface area (Å²) in [6.07, 6.45) is -4.73. The summed E-state index contributed by atoms with van der Waals surface area (Å²) in [5.41, 5.74) is 0.228. The number of carbonyl (C=O) groups excluding carboxylic acids is 1. The van der Waals surface area contributed by atoms with E-state index in [1.165, 1.54) is 7.11 Å². The molecule has 7 nitrogen and oxygen atoms in total. The number of methoxy groups -OCH3 is 1. The molecule has 2 aromatic carbocycles. The highest BCUT2D eigenvalue weighted by molar-refractivity contribution is 5.90. The van der Waals surface area contributed by atoms with Gasteiger partial charge in [0.05, 0.1) is 12.8 Å². The number of fused-ring (bicyclic) bond motifs is 1. The average molecular weight is 427 g/mol. The van der Waals surface area contributed by atoms with Crippen molar-refractivity contribution in [3.8, 4) is 17.0 Å². The first kappa shape index (κ1) is 20.3. The lowest BCUT2D eigenvalue weighted by Crippen LogP contribution is -2.24. The fraction of sp³-hybridized carbons (Fsp3) is 0.143. The zero-order chi connectivity index (χ0) is 22.0. The third-order valence-electron chi connectivity index (χ3n) is 4.49. The molecule has 31 heavy (non-hydrogen) atoms. The van der Waals surface area contributed by atoms with E-state index in [4.69, 9.17) is 4.74 Å². The van der Waals surface area contributed by atoms with Crippen molar-refractivity contribution in [2.45, 2.75) is 12.7 Å². The molecular weight excluding hydrogens is 411 g/mol. The molecule has 0 spiro atoms. The third kappa shape index (κ3) is 4.32. The van der Waals surface area contributed by atoms with E-state index in [1.54, 1.807) is 24.3 Å². The molecule has 0 bridgehead atoms. The molecule has 0 radical (unpaired) electrons. The summed E-state index contributed by atoms with van der Waals surface area (Å²) < 4.78 is 46.6. The van der Waals surface area contributed by atoms with Gasteiger partial charge in [-0.3, -0.25) is 4.79 Å². The lowest BCUT2D eigenvalue weighted by atomic mass is 10.1. The van der Waals surface area contributed by atoms with E-state index in [0.717, 1.165) is 11.6 Å². The van der Waals surface area contributed by atoms with Crippen LogP contribution in [0.5, 0.6) is 5.75 Å². The predicted octanol–water partition coefficient (Wildman–Crippen LogP) is 3.75. The van der Waals surface area contributed by atoms with Gasteiger partial charge in [0.25, 0.3) is 11.7 Å². The second kappa shape index (κ2) is 8.05. The molecule has 0 saturated heterocycles. The minimum absolute atomic E-state index is 0.0473. The number of benzene rings is 2. The molecule has 0 aliphatic heterocycles. The number of nitrogens with one attached hydrogen (secondary N) is 1. The molecule has 2 aromatic heterocycles. The molecule has 0 fully saturated rings. The molecule has 1 N–H and O–H groups in total. The number of amides is 1. The summed E-state index contributed by atoms with van der Waals surface area (Å²) in [5, 5.41) is 6.34. The van der Waals surface area contributed by atoms with Crippen LogP contribution in [0.4, 0.5) is 13.2 Å². The molecule has 1 amide bonds. The number of halogens is 3. The van der Waals surface area contributed by atoms with Gasteiger partial charge in [0, 0.05) is 12.1 Å². The summed E-state index contributed by atoms with van der Waals surface area (Å²) in [7, 11) is 1.49. The number of carbonyl (C=O) groups is 1. The second-order valence-corrected chi connectivity index (χ2v) is 6.57. The topological polar surface area (TPSA) is 81.4 Å². The van der Waals surface area contributed by atoms with E-state index in [9.17, 15) is 18.0 Å². The van der Waals surface area contributed by atoms with Crippen molar-refractivity contribution in [3.63, 3.8) is 0 Å². The molecule has 0 unspecified atom stereocenters. The van der Waals surface area contributed by atoms with E-state index in [0.29, 0.717) is 15.8 Å². The summed E-state index contributed by atoms with van der Waals surface area (Å²) in [5.74, 6) is -0.875. The maximum absolute atomic E-state index is 13.7. The quantitative estimate of drug-likeness (QED) is 0.525. The van der Waals surface area contributed by atoms with Gasteiger partial charge in [0.15, 0.2) is 5.69 Å². The Morgan fingerprint density at radius 2 is 1.77 bits per heavy atom. The Hall–Kier alpha value is -3.95. The largest absolute Gasteiger partial charge is 0.497 e. The normalized spacial score (nSPS) is 11.5. The molecule has 4 rings (SSSR count). The standard InChI is InChI=1S/C21H16F3N5O2/c1-31-15-9-7-14(8-10-15)16-11-17(21(22,23)24)29-20(26-16)27-18(28-29)19(30)25-12-13-5-3-2-4-6-13/h2-11H,12H2,1H3,(H,25,30). The lowest BCUT2D eigenvalue weighted by Gasteiger charge is -2.10. The van der Waals surface area contributed by atoms with Crippen molar-refractivity contribution in [2.75, 3.05) is 7.11 Å². The van der Waals surface area contributed by atoms with Crippen LogP contribution in [-0.4, -0.2) is 32.6 Å². The van der Waals surface area contributed by atoms with Crippen molar-refractivity contribution in [2.24, 2.45) is 0 Å². The van der Waals surface area contributed by atoms with Crippen molar-refractivity contribution in [1.82, 2.24) is 24.9 Å². The Kier molecular flexibility index (Phi) is 5.28. The van der Waals surface area contributed by atoms with Gasteiger partial charge in [-0.2, -0.15) is 22.7 Å². The van der Waals surface area contributed by atoms with Gasteiger partial charge in [0.1, 0.15) is 5.75 Å². The molecule has 2 heterocycles. The Morgan fingerprint density at radius 3 is 2.42 bits per heavy atom. The zero-order valence-electron chi connectivity index (χ0n) is 16.2. The van der Waals surface area contributed by atoms with E-state index in [2.05, 4.69) is 20.4 Å². The first-order chi connectivity index (χ1) is 14.8. The molecule has 0 saturated carbocycles. The number of hydrogen-bond donors (Lipinski definition) is 1.